The minimum absolute atomic E-state index is 0.00194. The Morgan fingerprint density at radius 1 is 0.909 bits per heavy atom. The molecule has 0 spiro atoms. The van der Waals surface area contributed by atoms with E-state index >= 15 is 0 Å². The normalized spacial score (nSPS) is 12.4. The summed E-state index contributed by atoms with van der Waals surface area (Å²) < 4.78 is 26.2. The highest BCUT2D eigenvalue weighted by Crippen LogP contribution is 2.29. The molecular formula is C26H27N3O3S. The number of aromatic amines is 1. The maximum absolute atomic E-state index is 13.7. The van der Waals surface area contributed by atoms with Crippen LogP contribution in [0.2, 0.25) is 0 Å². The van der Waals surface area contributed by atoms with Crippen LogP contribution >= 0.6 is 0 Å². The third-order valence-electron chi connectivity index (χ3n) is 5.69. The lowest BCUT2D eigenvalue weighted by molar-refractivity contribution is 0.0971. The van der Waals surface area contributed by atoms with Gasteiger partial charge in [0.1, 0.15) is 6.04 Å². The topological polar surface area (TPSA) is 91.1 Å². The van der Waals surface area contributed by atoms with Gasteiger partial charge in [-0.3, -0.25) is 9.52 Å². The number of hydrogen-bond donors (Lipinski definition) is 3. The Bertz CT molecular complexity index is 1360. The predicted octanol–water partition coefficient (Wildman–Crippen LogP) is 5.53. The van der Waals surface area contributed by atoms with Crippen molar-refractivity contribution < 1.29 is 13.2 Å². The van der Waals surface area contributed by atoms with E-state index in [4.69, 9.17) is 0 Å². The van der Waals surface area contributed by atoms with Crippen molar-refractivity contribution in [1.82, 2.24) is 4.98 Å². The molecule has 7 heteroatoms. The second-order valence-corrected chi connectivity index (χ2v) is 9.84. The van der Waals surface area contributed by atoms with Gasteiger partial charge in [-0.1, -0.05) is 55.5 Å². The summed E-state index contributed by atoms with van der Waals surface area (Å²) in [5, 5.41) is 4.25. The minimum atomic E-state index is -3.35. The number of carbonyl (C=O) groups excluding carboxylic acids is 1. The molecule has 0 fully saturated rings. The van der Waals surface area contributed by atoms with Crippen LogP contribution in [-0.2, 0) is 16.4 Å². The van der Waals surface area contributed by atoms with Gasteiger partial charge < -0.3 is 10.3 Å². The lowest BCUT2D eigenvalue weighted by atomic mass is 9.96. The Morgan fingerprint density at radius 2 is 1.61 bits per heavy atom. The number of nitrogens with one attached hydrogen (secondary N) is 3. The molecule has 1 aromatic heterocycles. The van der Waals surface area contributed by atoms with E-state index in [-0.39, 0.29) is 11.5 Å². The van der Waals surface area contributed by atoms with Crippen molar-refractivity contribution in [1.29, 1.82) is 0 Å². The number of anilines is 2. The van der Waals surface area contributed by atoms with Crippen LogP contribution < -0.4 is 10.0 Å². The number of sulfonamides is 1. The van der Waals surface area contributed by atoms with Gasteiger partial charge in [-0.2, -0.15) is 0 Å². The number of ketones is 1. The van der Waals surface area contributed by atoms with E-state index in [2.05, 4.69) is 28.0 Å². The zero-order chi connectivity index (χ0) is 23.4. The molecule has 4 rings (SSSR count). The summed E-state index contributed by atoms with van der Waals surface area (Å²) in [6.45, 7) is 3.68. The van der Waals surface area contributed by atoms with Gasteiger partial charge in [0.15, 0.2) is 5.78 Å². The number of aryl methyl sites for hydroxylation is 1. The molecule has 0 saturated heterocycles. The number of aromatic nitrogens is 1. The first-order chi connectivity index (χ1) is 15.9. The smallest absolute Gasteiger partial charge is 0.232 e. The molecule has 0 amide bonds. The van der Waals surface area contributed by atoms with Crippen molar-refractivity contribution in [2.24, 2.45) is 0 Å². The summed E-state index contributed by atoms with van der Waals surface area (Å²) in [5.74, 6) is -0.0430. The fourth-order valence-electron chi connectivity index (χ4n) is 3.87. The fraction of sp³-hybridized carbons (Fsp3) is 0.192. The largest absolute Gasteiger partial charge is 0.371 e. The van der Waals surface area contributed by atoms with Crippen molar-refractivity contribution in [3.05, 3.63) is 95.7 Å². The molecule has 1 atom stereocenters. The van der Waals surface area contributed by atoms with Crippen molar-refractivity contribution in [3.8, 4) is 0 Å². The van der Waals surface area contributed by atoms with E-state index in [1.54, 1.807) is 37.4 Å². The lowest BCUT2D eigenvalue weighted by Crippen LogP contribution is -2.21. The van der Waals surface area contributed by atoms with Crippen molar-refractivity contribution in [3.63, 3.8) is 0 Å². The second kappa shape index (κ2) is 9.50. The minimum Gasteiger partial charge on any atom is -0.371 e. The number of H-pyrrole nitrogens is 1. The molecule has 0 aliphatic rings. The molecule has 170 valence electrons. The molecule has 0 saturated carbocycles. The summed E-state index contributed by atoms with van der Waals surface area (Å²) in [6.07, 6.45) is 2.66. The fourth-order valence-corrected chi connectivity index (χ4v) is 4.51. The van der Waals surface area contributed by atoms with Crippen LogP contribution in [0.25, 0.3) is 10.9 Å². The van der Waals surface area contributed by atoms with E-state index in [0.29, 0.717) is 16.9 Å². The first-order valence-electron chi connectivity index (χ1n) is 11.0. The number of benzene rings is 3. The molecular weight excluding hydrogens is 434 g/mol. The third kappa shape index (κ3) is 4.93. The molecule has 0 aliphatic carbocycles. The summed E-state index contributed by atoms with van der Waals surface area (Å²) in [5.41, 5.74) is 4.83. The predicted molar refractivity (Wildman–Crippen MR) is 134 cm³/mol. The monoisotopic (exact) mass is 461 g/mol. The molecule has 1 unspecified atom stereocenters. The molecule has 0 radical (unpaired) electrons. The van der Waals surface area contributed by atoms with Crippen LogP contribution in [0.5, 0.6) is 0 Å². The molecule has 4 aromatic rings. The SMILES string of the molecule is CCc1cccc2c(C(=O)C(Nc3ccc(NS(=O)(=O)CC)cc3)c3ccccc3)c[nH]c12. The number of Topliss-reactive ketones (excluding diaryl/α,β-unsaturated/α-hetero) is 1. The van der Waals surface area contributed by atoms with Crippen LogP contribution in [0, 0.1) is 0 Å². The van der Waals surface area contributed by atoms with Gasteiger partial charge in [0, 0.05) is 34.0 Å². The zero-order valence-electron chi connectivity index (χ0n) is 18.6. The van der Waals surface area contributed by atoms with Gasteiger partial charge in [0.2, 0.25) is 10.0 Å². The first kappa shape index (κ1) is 22.6. The molecule has 0 aliphatic heterocycles. The zero-order valence-corrected chi connectivity index (χ0v) is 19.4. The van der Waals surface area contributed by atoms with E-state index < -0.39 is 16.1 Å². The van der Waals surface area contributed by atoms with Gasteiger partial charge in [0.25, 0.3) is 0 Å². The van der Waals surface area contributed by atoms with Crippen LogP contribution in [0.4, 0.5) is 11.4 Å². The third-order valence-corrected chi connectivity index (χ3v) is 7.00. The van der Waals surface area contributed by atoms with Gasteiger partial charge >= 0.3 is 0 Å². The highest BCUT2D eigenvalue weighted by atomic mass is 32.2. The molecule has 6 nitrogen and oxygen atoms in total. The van der Waals surface area contributed by atoms with Crippen molar-refractivity contribution >= 4 is 38.1 Å². The van der Waals surface area contributed by atoms with Gasteiger partial charge in [0.05, 0.1) is 5.75 Å². The summed E-state index contributed by atoms with van der Waals surface area (Å²) in [4.78, 5) is 17.0. The van der Waals surface area contributed by atoms with E-state index in [9.17, 15) is 13.2 Å². The maximum atomic E-state index is 13.7. The van der Waals surface area contributed by atoms with Crippen molar-refractivity contribution in [2.45, 2.75) is 26.3 Å². The maximum Gasteiger partial charge on any atom is 0.232 e. The number of fused-ring (bicyclic) bond motifs is 1. The molecule has 33 heavy (non-hydrogen) atoms. The van der Waals surface area contributed by atoms with Gasteiger partial charge in [-0.25, -0.2) is 8.42 Å². The van der Waals surface area contributed by atoms with Gasteiger partial charge in [-0.05, 0) is 48.7 Å². The Morgan fingerprint density at radius 3 is 2.27 bits per heavy atom. The molecule has 0 bridgehead atoms. The van der Waals surface area contributed by atoms with Gasteiger partial charge in [-0.15, -0.1) is 0 Å². The van der Waals surface area contributed by atoms with Crippen LogP contribution in [0.15, 0.2) is 79.0 Å². The average Bonchev–Trinajstić information content (AvgIpc) is 3.28. The molecule has 1 heterocycles. The summed E-state index contributed by atoms with van der Waals surface area (Å²) in [6, 6.07) is 21.9. The van der Waals surface area contributed by atoms with E-state index in [0.717, 1.165) is 22.9 Å². The second-order valence-electron chi connectivity index (χ2n) is 7.83. The Kier molecular flexibility index (Phi) is 6.51. The Hall–Kier alpha value is -3.58. The van der Waals surface area contributed by atoms with Crippen molar-refractivity contribution in [2.75, 3.05) is 15.8 Å². The van der Waals surface area contributed by atoms with E-state index in [1.165, 1.54) is 5.56 Å². The summed E-state index contributed by atoms with van der Waals surface area (Å²) in [7, 11) is -3.35. The average molecular weight is 462 g/mol. The van der Waals surface area contributed by atoms with Crippen LogP contribution in [0.3, 0.4) is 0 Å². The number of para-hydroxylation sites is 1. The first-order valence-corrected chi connectivity index (χ1v) is 12.6. The number of rotatable bonds is 9. The number of hydrogen-bond acceptors (Lipinski definition) is 4. The molecule has 3 N–H and O–H groups in total. The van der Waals surface area contributed by atoms with Crippen LogP contribution in [0.1, 0.15) is 41.4 Å². The number of carbonyl (C=O) groups is 1. The lowest BCUT2D eigenvalue weighted by Gasteiger charge is -2.20. The summed E-state index contributed by atoms with van der Waals surface area (Å²) >= 11 is 0. The highest BCUT2D eigenvalue weighted by molar-refractivity contribution is 7.92. The standard InChI is InChI=1S/C26H27N3O3S/c1-3-18-11-8-12-22-23(17-27-24(18)22)26(30)25(19-9-6-5-7-10-19)28-20-13-15-21(16-14-20)29-33(31,32)4-2/h5-17,25,27-29H,3-4H2,1-2H3. The Labute approximate surface area is 194 Å². The van der Waals surface area contributed by atoms with Crippen LogP contribution in [-0.4, -0.2) is 24.9 Å². The quantitative estimate of drug-likeness (QED) is 0.286. The van der Waals surface area contributed by atoms with E-state index in [1.807, 2.05) is 42.5 Å². The highest BCUT2D eigenvalue weighted by Gasteiger charge is 2.25. The Balaban J connectivity index is 1.67. The molecule has 3 aromatic carbocycles.